The second kappa shape index (κ2) is 7.20. The SMILES string of the molecule is CCCN(CCO)Cc1cc(=O)c2cc(C(N)=O)ccc2[nH]1. The zero-order chi connectivity index (χ0) is 16.1. The first-order valence-electron chi connectivity index (χ1n) is 7.34. The Morgan fingerprint density at radius 3 is 2.73 bits per heavy atom. The number of nitrogens with one attached hydrogen (secondary N) is 1. The van der Waals surface area contributed by atoms with E-state index in [-0.39, 0.29) is 12.0 Å². The van der Waals surface area contributed by atoms with Crippen LogP contribution in [-0.4, -0.2) is 40.6 Å². The third-order valence-corrected chi connectivity index (χ3v) is 3.52. The number of carbonyl (C=O) groups is 1. The molecule has 0 aliphatic heterocycles. The van der Waals surface area contributed by atoms with Crippen LogP contribution in [0.1, 0.15) is 29.4 Å². The fourth-order valence-corrected chi connectivity index (χ4v) is 2.51. The normalized spacial score (nSPS) is 11.2. The van der Waals surface area contributed by atoms with E-state index >= 15 is 0 Å². The first-order chi connectivity index (χ1) is 10.5. The molecule has 6 nitrogen and oxygen atoms in total. The maximum atomic E-state index is 12.2. The summed E-state index contributed by atoms with van der Waals surface area (Å²) >= 11 is 0. The summed E-state index contributed by atoms with van der Waals surface area (Å²) in [6, 6.07) is 6.34. The lowest BCUT2D eigenvalue weighted by Crippen LogP contribution is -2.28. The molecular formula is C16H21N3O3. The number of aromatic nitrogens is 1. The summed E-state index contributed by atoms with van der Waals surface area (Å²) in [6.45, 7) is 4.13. The van der Waals surface area contributed by atoms with E-state index in [0.717, 1.165) is 18.7 Å². The Hall–Kier alpha value is -2.18. The van der Waals surface area contributed by atoms with Crippen LogP contribution in [0.5, 0.6) is 0 Å². The Labute approximate surface area is 128 Å². The molecule has 22 heavy (non-hydrogen) atoms. The van der Waals surface area contributed by atoms with Crippen molar-refractivity contribution < 1.29 is 9.90 Å². The molecule has 1 amide bonds. The zero-order valence-corrected chi connectivity index (χ0v) is 12.6. The molecule has 1 heterocycles. The van der Waals surface area contributed by atoms with Gasteiger partial charge in [-0.1, -0.05) is 6.92 Å². The first kappa shape index (κ1) is 16.2. The monoisotopic (exact) mass is 303 g/mol. The number of fused-ring (bicyclic) bond motifs is 1. The standard InChI is InChI=1S/C16H21N3O3/c1-2-5-19(6-7-20)10-12-9-15(21)13-8-11(16(17)22)3-4-14(13)18-12/h3-4,8-9,20H,2,5-7,10H2,1H3,(H2,17,22)(H,18,21). The van der Waals surface area contributed by atoms with Gasteiger partial charge in [-0.15, -0.1) is 0 Å². The Morgan fingerprint density at radius 1 is 1.32 bits per heavy atom. The topological polar surface area (TPSA) is 99.4 Å². The van der Waals surface area contributed by atoms with Gasteiger partial charge >= 0.3 is 0 Å². The quantitative estimate of drug-likeness (QED) is 0.705. The summed E-state index contributed by atoms with van der Waals surface area (Å²) in [7, 11) is 0. The highest BCUT2D eigenvalue weighted by atomic mass is 16.3. The fourth-order valence-electron chi connectivity index (χ4n) is 2.51. The second-order valence-electron chi connectivity index (χ2n) is 5.28. The predicted octanol–water partition coefficient (Wildman–Crippen LogP) is 0.831. The van der Waals surface area contributed by atoms with E-state index in [2.05, 4.69) is 16.8 Å². The van der Waals surface area contributed by atoms with Gasteiger partial charge in [0.2, 0.25) is 5.91 Å². The molecule has 1 aromatic carbocycles. The van der Waals surface area contributed by atoms with Crippen molar-refractivity contribution in [3.8, 4) is 0 Å². The van der Waals surface area contributed by atoms with Gasteiger partial charge < -0.3 is 15.8 Å². The smallest absolute Gasteiger partial charge is 0.248 e. The molecule has 2 aromatic rings. The van der Waals surface area contributed by atoms with Crippen LogP contribution in [0.4, 0.5) is 0 Å². The number of hydrogen-bond acceptors (Lipinski definition) is 4. The molecule has 0 bridgehead atoms. The molecule has 0 atom stereocenters. The van der Waals surface area contributed by atoms with E-state index in [1.54, 1.807) is 12.1 Å². The van der Waals surface area contributed by atoms with Crippen molar-refractivity contribution in [1.29, 1.82) is 0 Å². The van der Waals surface area contributed by atoms with Crippen LogP contribution in [0.15, 0.2) is 29.1 Å². The van der Waals surface area contributed by atoms with E-state index < -0.39 is 5.91 Å². The number of benzene rings is 1. The first-order valence-corrected chi connectivity index (χ1v) is 7.34. The Bertz CT molecular complexity index is 718. The maximum Gasteiger partial charge on any atom is 0.248 e. The second-order valence-corrected chi connectivity index (χ2v) is 5.28. The molecule has 0 radical (unpaired) electrons. The van der Waals surface area contributed by atoms with Gasteiger partial charge in [0.15, 0.2) is 5.43 Å². The molecule has 0 saturated carbocycles. The third-order valence-electron chi connectivity index (χ3n) is 3.52. The summed E-state index contributed by atoms with van der Waals surface area (Å²) in [6.07, 6.45) is 0.972. The third kappa shape index (κ3) is 3.72. The lowest BCUT2D eigenvalue weighted by molar-refractivity contribution is 0.100. The predicted molar refractivity (Wildman–Crippen MR) is 85.7 cm³/mol. The summed E-state index contributed by atoms with van der Waals surface area (Å²) < 4.78 is 0. The van der Waals surface area contributed by atoms with Gasteiger partial charge in [0.1, 0.15) is 0 Å². The molecule has 0 fully saturated rings. The van der Waals surface area contributed by atoms with E-state index in [1.807, 2.05) is 0 Å². The van der Waals surface area contributed by atoms with E-state index in [4.69, 9.17) is 10.8 Å². The minimum atomic E-state index is -0.553. The van der Waals surface area contributed by atoms with Crippen LogP contribution in [0.3, 0.4) is 0 Å². The Balaban J connectivity index is 2.35. The van der Waals surface area contributed by atoms with Crippen LogP contribution < -0.4 is 11.2 Å². The molecule has 0 spiro atoms. The van der Waals surface area contributed by atoms with E-state index in [0.29, 0.717) is 29.6 Å². The highest BCUT2D eigenvalue weighted by molar-refractivity contribution is 5.96. The lowest BCUT2D eigenvalue weighted by Gasteiger charge is -2.20. The number of aromatic amines is 1. The van der Waals surface area contributed by atoms with Crippen LogP contribution >= 0.6 is 0 Å². The minimum Gasteiger partial charge on any atom is -0.395 e. The number of amides is 1. The van der Waals surface area contributed by atoms with Crippen LogP contribution in [0.25, 0.3) is 10.9 Å². The number of nitrogens with two attached hydrogens (primary N) is 1. The number of nitrogens with zero attached hydrogens (tertiary/aromatic N) is 1. The number of aliphatic hydroxyl groups is 1. The van der Waals surface area contributed by atoms with E-state index in [1.165, 1.54) is 12.1 Å². The summed E-state index contributed by atoms with van der Waals surface area (Å²) in [5, 5.41) is 9.54. The Kier molecular flexibility index (Phi) is 5.30. The molecular weight excluding hydrogens is 282 g/mol. The van der Waals surface area contributed by atoms with Crippen LogP contribution in [0.2, 0.25) is 0 Å². The van der Waals surface area contributed by atoms with Gasteiger partial charge in [-0.2, -0.15) is 0 Å². The average Bonchev–Trinajstić information content (AvgIpc) is 2.47. The van der Waals surface area contributed by atoms with Gasteiger partial charge in [0.25, 0.3) is 0 Å². The highest BCUT2D eigenvalue weighted by Crippen LogP contribution is 2.12. The molecule has 0 unspecified atom stereocenters. The number of pyridine rings is 1. The van der Waals surface area contributed by atoms with Gasteiger partial charge in [-0.05, 0) is 31.2 Å². The minimum absolute atomic E-state index is 0.0831. The van der Waals surface area contributed by atoms with Crippen molar-refractivity contribution in [2.75, 3.05) is 19.7 Å². The molecule has 118 valence electrons. The molecule has 0 saturated heterocycles. The molecule has 4 N–H and O–H groups in total. The number of H-pyrrole nitrogens is 1. The zero-order valence-electron chi connectivity index (χ0n) is 12.6. The molecule has 0 aliphatic carbocycles. The molecule has 2 rings (SSSR count). The number of aliphatic hydroxyl groups excluding tert-OH is 1. The lowest BCUT2D eigenvalue weighted by atomic mass is 10.1. The number of carbonyl (C=O) groups excluding carboxylic acids is 1. The number of primary amides is 1. The molecule has 1 aromatic heterocycles. The number of hydrogen-bond donors (Lipinski definition) is 3. The average molecular weight is 303 g/mol. The van der Waals surface area contributed by atoms with Crippen molar-refractivity contribution in [3.63, 3.8) is 0 Å². The van der Waals surface area contributed by atoms with Crippen molar-refractivity contribution in [2.24, 2.45) is 5.73 Å². The van der Waals surface area contributed by atoms with Crippen LogP contribution in [-0.2, 0) is 6.54 Å². The van der Waals surface area contributed by atoms with Gasteiger partial charge in [0.05, 0.1) is 6.61 Å². The van der Waals surface area contributed by atoms with Gasteiger partial charge in [-0.25, -0.2) is 0 Å². The van der Waals surface area contributed by atoms with Gasteiger partial charge in [-0.3, -0.25) is 14.5 Å². The van der Waals surface area contributed by atoms with Crippen molar-refractivity contribution in [3.05, 3.63) is 45.7 Å². The fraction of sp³-hybridized carbons (Fsp3) is 0.375. The summed E-state index contributed by atoms with van der Waals surface area (Å²) in [4.78, 5) is 28.7. The van der Waals surface area contributed by atoms with Crippen LogP contribution in [0, 0.1) is 0 Å². The largest absolute Gasteiger partial charge is 0.395 e. The van der Waals surface area contributed by atoms with Crippen molar-refractivity contribution >= 4 is 16.8 Å². The summed E-state index contributed by atoms with van der Waals surface area (Å²) in [5.74, 6) is -0.553. The van der Waals surface area contributed by atoms with Crippen molar-refractivity contribution in [2.45, 2.75) is 19.9 Å². The highest BCUT2D eigenvalue weighted by Gasteiger charge is 2.09. The van der Waals surface area contributed by atoms with Gasteiger partial charge in [0, 0.05) is 41.3 Å². The van der Waals surface area contributed by atoms with Crippen molar-refractivity contribution in [1.82, 2.24) is 9.88 Å². The molecule has 6 heteroatoms. The van der Waals surface area contributed by atoms with E-state index in [9.17, 15) is 9.59 Å². The maximum absolute atomic E-state index is 12.2. The Morgan fingerprint density at radius 2 is 2.09 bits per heavy atom. The number of rotatable bonds is 7. The summed E-state index contributed by atoms with van der Waals surface area (Å²) in [5.41, 5.74) is 6.87. The molecule has 0 aliphatic rings.